The predicted molar refractivity (Wildman–Crippen MR) is 63.2 cm³/mol. The molecule has 0 radical (unpaired) electrons. The van der Waals surface area contributed by atoms with E-state index in [9.17, 15) is 0 Å². The second kappa shape index (κ2) is 3.53. The van der Waals surface area contributed by atoms with Gasteiger partial charge in [0.1, 0.15) is 0 Å². The molecular weight excluding hydrogens is 184 g/mol. The first-order valence-electron chi connectivity index (χ1n) is 5.85. The van der Waals surface area contributed by atoms with Gasteiger partial charge in [-0.25, -0.2) is 0 Å². The van der Waals surface area contributed by atoms with Gasteiger partial charge in [0.15, 0.2) is 0 Å². The molecule has 80 valence electrons. The van der Waals surface area contributed by atoms with E-state index >= 15 is 0 Å². The fourth-order valence-electron chi connectivity index (χ4n) is 3.11. The molecule has 0 N–H and O–H groups in total. The minimum Gasteiger partial charge on any atom is -0.367 e. The van der Waals surface area contributed by atoms with Gasteiger partial charge in [-0.2, -0.15) is 0 Å². The van der Waals surface area contributed by atoms with Crippen molar-refractivity contribution in [3.05, 3.63) is 30.3 Å². The van der Waals surface area contributed by atoms with Crippen molar-refractivity contribution >= 4 is 5.69 Å². The van der Waals surface area contributed by atoms with Crippen LogP contribution in [0.1, 0.15) is 6.42 Å². The zero-order valence-electron chi connectivity index (χ0n) is 9.26. The van der Waals surface area contributed by atoms with E-state index in [1.807, 2.05) is 0 Å². The Balaban J connectivity index is 1.84. The minimum absolute atomic E-state index is 0.761. The molecule has 2 aliphatic heterocycles. The highest BCUT2D eigenvalue weighted by molar-refractivity contribution is 5.48. The van der Waals surface area contributed by atoms with E-state index in [1.165, 1.54) is 31.7 Å². The molecule has 2 aliphatic rings. The molecular formula is C13H18N2. The topological polar surface area (TPSA) is 6.48 Å². The Morgan fingerprint density at radius 3 is 2.73 bits per heavy atom. The summed E-state index contributed by atoms with van der Waals surface area (Å²) in [5.41, 5.74) is 1.40. The Morgan fingerprint density at radius 1 is 1.13 bits per heavy atom. The number of nitrogens with zero attached hydrogens (tertiary/aromatic N) is 2. The van der Waals surface area contributed by atoms with E-state index in [-0.39, 0.29) is 0 Å². The highest BCUT2D eigenvalue weighted by atomic mass is 15.3. The van der Waals surface area contributed by atoms with Gasteiger partial charge < -0.3 is 9.80 Å². The van der Waals surface area contributed by atoms with Crippen LogP contribution in [-0.4, -0.2) is 37.6 Å². The van der Waals surface area contributed by atoms with Gasteiger partial charge in [0, 0.05) is 31.4 Å². The molecule has 0 amide bonds. The maximum atomic E-state index is 2.59. The second-order valence-electron chi connectivity index (χ2n) is 4.87. The summed E-state index contributed by atoms with van der Waals surface area (Å²) >= 11 is 0. The normalized spacial score (nSPS) is 30.9. The van der Waals surface area contributed by atoms with Gasteiger partial charge in [0.2, 0.25) is 0 Å². The number of anilines is 1. The van der Waals surface area contributed by atoms with Crippen LogP contribution in [0, 0.1) is 5.92 Å². The third-order valence-electron chi connectivity index (χ3n) is 3.82. The summed E-state index contributed by atoms with van der Waals surface area (Å²) in [7, 11) is 2.24. The maximum Gasteiger partial charge on any atom is 0.0457 e. The molecule has 1 aromatic carbocycles. The Hall–Kier alpha value is -1.02. The van der Waals surface area contributed by atoms with Crippen molar-refractivity contribution in [2.45, 2.75) is 12.5 Å². The Labute approximate surface area is 91.5 Å². The van der Waals surface area contributed by atoms with Gasteiger partial charge in [-0.3, -0.25) is 0 Å². The van der Waals surface area contributed by atoms with Crippen molar-refractivity contribution in [1.29, 1.82) is 0 Å². The average molecular weight is 202 g/mol. The summed E-state index contributed by atoms with van der Waals surface area (Å²) in [6, 6.07) is 11.6. The third-order valence-corrected chi connectivity index (χ3v) is 3.82. The van der Waals surface area contributed by atoms with Crippen molar-refractivity contribution in [2.75, 3.05) is 31.6 Å². The van der Waals surface area contributed by atoms with Gasteiger partial charge in [0.05, 0.1) is 0 Å². The molecule has 15 heavy (non-hydrogen) atoms. The standard InChI is InChI=1S/C13H18N2/c1-14-9-11-7-8-15(13(11)10-14)12-5-3-2-4-6-12/h2-6,11,13H,7-10H2,1H3. The number of benzene rings is 1. The van der Waals surface area contributed by atoms with Gasteiger partial charge in [0.25, 0.3) is 0 Å². The molecule has 0 saturated carbocycles. The molecule has 2 heterocycles. The average Bonchev–Trinajstić information content (AvgIpc) is 2.77. The van der Waals surface area contributed by atoms with E-state index in [2.05, 4.69) is 47.2 Å². The monoisotopic (exact) mass is 202 g/mol. The molecule has 2 nitrogen and oxygen atoms in total. The molecule has 3 rings (SSSR count). The second-order valence-corrected chi connectivity index (χ2v) is 4.87. The van der Waals surface area contributed by atoms with Crippen LogP contribution in [0.3, 0.4) is 0 Å². The van der Waals surface area contributed by atoms with Gasteiger partial charge >= 0.3 is 0 Å². The lowest BCUT2D eigenvalue weighted by Crippen LogP contribution is -2.34. The highest BCUT2D eigenvalue weighted by Gasteiger charge is 2.39. The van der Waals surface area contributed by atoms with Gasteiger partial charge in [-0.1, -0.05) is 18.2 Å². The Bertz CT molecular complexity index is 336. The lowest BCUT2D eigenvalue weighted by Gasteiger charge is -2.26. The summed E-state index contributed by atoms with van der Waals surface area (Å²) < 4.78 is 0. The molecule has 0 bridgehead atoms. The number of likely N-dealkylation sites (N-methyl/N-ethyl adjacent to an activating group) is 1. The van der Waals surface area contributed by atoms with E-state index < -0.39 is 0 Å². The Kier molecular flexibility index (Phi) is 2.17. The Morgan fingerprint density at radius 2 is 1.93 bits per heavy atom. The largest absolute Gasteiger partial charge is 0.367 e. The molecule has 2 saturated heterocycles. The van der Waals surface area contributed by atoms with E-state index in [1.54, 1.807) is 0 Å². The number of hydrogen-bond acceptors (Lipinski definition) is 2. The van der Waals surface area contributed by atoms with Crippen LogP contribution >= 0.6 is 0 Å². The first-order valence-corrected chi connectivity index (χ1v) is 5.85. The van der Waals surface area contributed by atoms with Crippen LogP contribution in [0.15, 0.2) is 30.3 Å². The zero-order chi connectivity index (χ0) is 10.3. The van der Waals surface area contributed by atoms with E-state index in [4.69, 9.17) is 0 Å². The number of rotatable bonds is 1. The molecule has 1 aromatic rings. The minimum atomic E-state index is 0.761. The lowest BCUT2D eigenvalue weighted by molar-refractivity contribution is 0.386. The van der Waals surface area contributed by atoms with Crippen LogP contribution in [0.5, 0.6) is 0 Å². The zero-order valence-corrected chi connectivity index (χ0v) is 9.26. The number of likely N-dealkylation sites (tertiary alicyclic amines) is 1. The SMILES string of the molecule is CN1CC2CCN(c3ccccc3)C2C1. The van der Waals surface area contributed by atoms with Crippen LogP contribution < -0.4 is 4.90 Å². The predicted octanol–water partition coefficient (Wildman–Crippen LogP) is 1.83. The van der Waals surface area contributed by atoms with Crippen LogP contribution in [0.4, 0.5) is 5.69 Å². The van der Waals surface area contributed by atoms with Crippen molar-refractivity contribution in [3.63, 3.8) is 0 Å². The smallest absolute Gasteiger partial charge is 0.0457 e. The van der Waals surface area contributed by atoms with Crippen molar-refractivity contribution in [2.24, 2.45) is 5.92 Å². The fraction of sp³-hybridized carbons (Fsp3) is 0.538. The van der Waals surface area contributed by atoms with Gasteiger partial charge in [-0.05, 0) is 31.5 Å². The fourth-order valence-corrected chi connectivity index (χ4v) is 3.11. The van der Waals surface area contributed by atoms with Gasteiger partial charge in [-0.15, -0.1) is 0 Å². The highest BCUT2D eigenvalue weighted by Crippen LogP contribution is 2.34. The summed E-state index contributed by atoms with van der Waals surface area (Å²) in [6.45, 7) is 3.76. The number of para-hydroxylation sites is 1. The van der Waals surface area contributed by atoms with Crippen molar-refractivity contribution < 1.29 is 0 Å². The van der Waals surface area contributed by atoms with E-state index in [0.717, 1.165) is 12.0 Å². The first-order chi connectivity index (χ1) is 7.34. The maximum absolute atomic E-state index is 2.59. The lowest BCUT2D eigenvalue weighted by atomic mass is 10.1. The summed E-state index contributed by atoms with van der Waals surface area (Å²) in [5, 5.41) is 0. The molecule has 2 unspecified atom stereocenters. The molecule has 0 aliphatic carbocycles. The van der Waals surface area contributed by atoms with Crippen molar-refractivity contribution in [3.8, 4) is 0 Å². The van der Waals surface area contributed by atoms with Crippen LogP contribution in [-0.2, 0) is 0 Å². The molecule has 0 spiro atoms. The first kappa shape index (κ1) is 9.22. The summed E-state index contributed by atoms with van der Waals surface area (Å²) in [6.07, 6.45) is 1.36. The molecule has 2 fully saturated rings. The van der Waals surface area contributed by atoms with Crippen LogP contribution in [0.2, 0.25) is 0 Å². The quantitative estimate of drug-likeness (QED) is 0.685. The van der Waals surface area contributed by atoms with Crippen molar-refractivity contribution in [1.82, 2.24) is 4.90 Å². The molecule has 2 atom stereocenters. The summed E-state index contributed by atoms with van der Waals surface area (Å²) in [4.78, 5) is 5.05. The summed E-state index contributed by atoms with van der Waals surface area (Å²) in [5.74, 6) is 0.898. The van der Waals surface area contributed by atoms with Crippen LogP contribution in [0.25, 0.3) is 0 Å². The number of hydrogen-bond donors (Lipinski definition) is 0. The molecule has 0 aromatic heterocycles. The van der Waals surface area contributed by atoms with E-state index in [0.29, 0.717) is 0 Å². The molecule has 2 heteroatoms. The number of fused-ring (bicyclic) bond motifs is 1. The third kappa shape index (κ3) is 1.53.